The van der Waals surface area contributed by atoms with E-state index >= 15 is 0 Å². The minimum atomic E-state index is -0.769. The number of anilines is 1. The average molecular weight is 375 g/mol. The second kappa shape index (κ2) is 9.53. The topological polar surface area (TPSA) is 54.5 Å². The number of amides is 1. The molecule has 1 N–H and O–H groups in total. The van der Waals surface area contributed by atoms with Gasteiger partial charge >= 0.3 is 0 Å². The molecule has 5 nitrogen and oxygen atoms in total. The van der Waals surface area contributed by atoms with Gasteiger partial charge in [-0.3, -0.25) is 9.78 Å². The minimum Gasteiger partial charge on any atom is -0.372 e. The highest BCUT2D eigenvalue weighted by atomic mass is 19.1. The molecular formula is C20H23F2N3O2. The van der Waals surface area contributed by atoms with Crippen molar-refractivity contribution in [3.8, 4) is 0 Å². The van der Waals surface area contributed by atoms with Crippen LogP contribution >= 0.6 is 0 Å². The lowest BCUT2D eigenvalue weighted by molar-refractivity contribution is -0.116. The third-order valence-corrected chi connectivity index (χ3v) is 4.59. The zero-order chi connectivity index (χ0) is 19.1. The fourth-order valence-corrected chi connectivity index (χ4v) is 3.05. The molecule has 3 rings (SSSR count). The molecule has 144 valence electrons. The van der Waals surface area contributed by atoms with E-state index in [9.17, 15) is 13.6 Å². The molecule has 0 saturated carbocycles. The van der Waals surface area contributed by atoms with Crippen LogP contribution in [0.15, 0.2) is 42.6 Å². The first-order valence-corrected chi connectivity index (χ1v) is 9.09. The molecule has 0 radical (unpaired) electrons. The third-order valence-electron chi connectivity index (χ3n) is 4.59. The maximum atomic E-state index is 13.6. The van der Waals surface area contributed by atoms with Gasteiger partial charge in [-0.1, -0.05) is 6.07 Å². The molecular weight excluding hydrogens is 352 g/mol. The summed E-state index contributed by atoms with van der Waals surface area (Å²) in [5, 5.41) is 2.49. The number of ether oxygens (including phenoxy) is 1. The van der Waals surface area contributed by atoms with Crippen LogP contribution in [0.3, 0.4) is 0 Å². The van der Waals surface area contributed by atoms with E-state index in [0.717, 1.165) is 43.8 Å². The van der Waals surface area contributed by atoms with Crippen LogP contribution in [0.2, 0.25) is 0 Å². The number of aromatic nitrogens is 1. The van der Waals surface area contributed by atoms with Crippen LogP contribution in [-0.2, 0) is 16.1 Å². The zero-order valence-corrected chi connectivity index (χ0v) is 15.0. The first-order valence-electron chi connectivity index (χ1n) is 9.09. The van der Waals surface area contributed by atoms with Crippen molar-refractivity contribution in [3.63, 3.8) is 0 Å². The molecule has 27 heavy (non-hydrogen) atoms. The Bertz CT molecular complexity index is 750. The van der Waals surface area contributed by atoms with E-state index in [1.165, 1.54) is 6.07 Å². The van der Waals surface area contributed by atoms with Crippen molar-refractivity contribution < 1.29 is 18.3 Å². The van der Waals surface area contributed by atoms with Gasteiger partial charge < -0.3 is 15.0 Å². The molecule has 1 fully saturated rings. The van der Waals surface area contributed by atoms with Crippen molar-refractivity contribution in [2.45, 2.75) is 32.0 Å². The Morgan fingerprint density at radius 1 is 1.22 bits per heavy atom. The predicted molar refractivity (Wildman–Crippen MR) is 98.1 cm³/mol. The Hall–Kier alpha value is -2.38. The Labute approximate surface area is 157 Å². The van der Waals surface area contributed by atoms with E-state index in [1.807, 2.05) is 18.2 Å². The highest BCUT2D eigenvalue weighted by molar-refractivity contribution is 5.90. The molecule has 1 aliphatic rings. The summed E-state index contributed by atoms with van der Waals surface area (Å²) in [6.07, 6.45) is 4.02. The number of piperidine rings is 1. The van der Waals surface area contributed by atoms with Crippen molar-refractivity contribution in [2.24, 2.45) is 0 Å². The van der Waals surface area contributed by atoms with Crippen LogP contribution in [0.5, 0.6) is 0 Å². The van der Waals surface area contributed by atoms with Gasteiger partial charge in [0.05, 0.1) is 24.1 Å². The number of hydrogen-bond donors (Lipinski definition) is 1. The Kier molecular flexibility index (Phi) is 6.84. The van der Waals surface area contributed by atoms with Crippen LogP contribution in [0.4, 0.5) is 14.5 Å². The van der Waals surface area contributed by atoms with Gasteiger partial charge in [-0.15, -0.1) is 0 Å². The molecule has 0 atom stereocenters. The fourth-order valence-electron chi connectivity index (χ4n) is 3.05. The quantitative estimate of drug-likeness (QED) is 0.806. The number of rotatable bonds is 7. The summed E-state index contributed by atoms with van der Waals surface area (Å²) < 4.78 is 32.4. The van der Waals surface area contributed by atoms with Crippen LogP contribution in [-0.4, -0.2) is 41.5 Å². The van der Waals surface area contributed by atoms with Gasteiger partial charge in [0.15, 0.2) is 0 Å². The third kappa shape index (κ3) is 6.08. The zero-order valence-electron chi connectivity index (χ0n) is 15.0. The van der Waals surface area contributed by atoms with Crippen molar-refractivity contribution >= 4 is 11.6 Å². The molecule has 0 aliphatic carbocycles. The molecule has 1 aromatic heterocycles. The standard InChI is InChI=1S/C20H23F2N3O2/c21-15-4-5-19(18(22)13-15)24-20(26)8-12-25-10-6-17(7-11-25)27-14-16-3-1-2-9-23-16/h1-5,9,13,17H,6-8,10-12,14H2,(H,24,26). The molecule has 2 aromatic rings. The van der Waals surface area contributed by atoms with Gasteiger partial charge in [-0.25, -0.2) is 8.78 Å². The number of carbonyl (C=O) groups is 1. The predicted octanol–water partition coefficient (Wildman–Crippen LogP) is 3.37. The van der Waals surface area contributed by atoms with Gasteiger partial charge in [0.25, 0.3) is 0 Å². The van der Waals surface area contributed by atoms with Gasteiger partial charge in [0, 0.05) is 38.3 Å². The second-order valence-electron chi connectivity index (χ2n) is 6.60. The number of halogens is 2. The number of nitrogens with zero attached hydrogens (tertiary/aromatic N) is 2. The SMILES string of the molecule is O=C(CCN1CCC(OCc2ccccn2)CC1)Nc1ccc(F)cc1F. The van der Waals surface area contributed by atoms with E-state index < -0.39 is 11.6 Å². The van der Waals surface area contributed by atoms with Crippen molar-refractivity contribution in [1.82, 2.24) is 9.88 Å². The maximum Gasteiger partial charge on any atom is 0.225 e. The maximum absolute atomic E-state index is 13.6. The molecule has 2 heterocycles. The number of hydrogen-bond acceptors (Lipinski definition) is 4. The summed E-state index contributed by atoms with van der Waals surface area (Å²) in [4.78, 5) is 18.4. The van der Waals surface area contributed by atoms with Gasteiger partial charge in [0.2, 0.25) is 5.91 Å². The molecule has 0 unspecified atom stereocenters. The summed E-state index contributed by atoms with van der Waals surface area (Å²) in [5.41, 5.74) is 0.924. The average Bonchev–Trinajstić information content (AvgIpc) is 2.68. The lowest BCUT2D eigenvalue weighted by atomic mass is 10.1. The van der Waals surface area contributed by atoms with Gasteiger partial charge in [-0.2, -0.15) is 0 Å². The van der Waals surface area contributed by atoms with E-state index in [0.29, 0.717) is 13.2 Å². The van der Waals surface area contributed by atoms with Crippen LogP contribution < -0.4 is 5.32 Å². The van der Waals surface area contributed by atoms with E-state index in [-0.39, 0.29) is 24.1 Å². The van der Waals surface area contributed by atoms with Gasteiger partial charge in [0.1, 0.15) is 11.6 Å². The van der Waals surface area contributed by atoms with Crippen LogP contribution in [0.25, 0.3) is 0 Å². The first-order chi connectivity index (χ1) is 13.1. The molecule has 1 saturated heterocycles. The smallest absolute Gasteiger partial charge is 0.225 e. The molecule has 0 spiro atoms. The van der Waals surface area contributed by atoms with Gasteiger partial charge in [-0.05, 0) is 37.1 Å². The normalized spacial score (nSPS) is 15.6. The lowest BCUT2D eigenvalue weighted by Crippen LogP contribution is -2.38. The molecule has 1 aliphatic heterocycles. The minimum absolute atomic E-state index is 0.00281. The first kappa shape index (κ1) is 19.4. The number of nitrogens with one attached hydrogen (secondary N) is 1. The summed E-state index contributed by atoms with van der Waals surface area (Å²) in [6, 6.07) is 8.87. The summed E-state index contributed by atoms with van der Waals surface area (Å²) >= 11 is 0. The van der Waals surface area contributed by atoms with Crippen molar-refractivity contribution in [3.05, 3.63) is 59.9 Å². The molecule has 1 amide bonds. The van der Waals surface area contributed by atoms with E-state index in [1.54, 1.807) is 6.20 Å². The number of pyridine rings is 1. The Balaban J connectivity index is 1.35. The Morgan fingerprint density at radius 2 is 2.04 bits per heavy atom. The van der Waals surface area contributed by atoms with Crippen LogP contribution in [0, 0.1) is 11.6 Å². The lowest BCUT2D eigenvalue weighted by Gasteiger charge is -2.31. The van der Waals surface area contributed by atoms with Crippen molar-refractivity contribution in [1.29, 1.82) is 0 Å². The van der Waals surface area contributed by atoms with Crippen LogP contribution in [0.1, 0.15) is 25.0 Å². The monoisotopic (exact) mass is 375 g/mol. The largest absolute Gasteiger partial charge is 0.372 e. The van der Waals surface area contributed by atoms with E-state index in [4.69, 9.17) is 4.74 Å². The fraction of sp³-hybridized carbons (Fsp3) is 0.400. The van der Waals surface area contributed by atoms with E-state index in [2.05, 4.69) is 15.2 Å². The molecule has 7 heteroatoms. The Morgan fingerprint density at radius 3 is 2.74 bits per heavy atom. The molecule has 0 bridgehead atoms. The number of benzene rings is 1. The number of carbonyl (C=O) groups excluding carboxylic acids is 1. The second-order valence-corrected chi connectivity index (χ2v) is 6.60. The number of likely N-dealkylation sites (tertiary alicyclic amines) is 1. The highest BCUT2D eigenvalue weighted by Crippen LogP contribution is 2.17. The highest BCUT2D eigenvalue weighted by Gasteiger charge is 2.20. The van der Waals surface area contributed by atoms with Crippen molar-refractivity contribution in [2.75, 3.05) is 25.0 Å². The molecule has 1 aromatic carbocycles. The summed E-state index contributed by atoms with van der Waals surface area (Å²) in [6.45, 7) is 2.81. The summed E-state index contributed by atoms with van der Waals surface area (Å²) in [7, 11) is 0. The summed E-state index contributed by atoms with van der Waals surface area (Å²) in [5.74, 6) is -1.72.